The number of hydrogen-bond acceptors (Lipinski definition) is 7. The lowest BCUT2D eigenvalue weighted by Crippen LogP contribution is -2.37. The van der Waals surface area contributed by atoms with Crippen LogP contribution in [0.1, 0.15) is 22.8 Å². The lowest BCUT2D eigenvalue weighted by atomic mass is 10.1. The average Bonchev–Trinajstić information content (AvgIpc) is 2.72. The van der Waals surface area contributed by atoms with Crippen molar-refractivity contribution in [3.05, 3.63) is 47.5 Å². The molecule has 0 aliphatic heterocycles. The summed E-state index contributed by atoms with van der Waals surface area (Å²) in [7, 11) is -0.968. The second kappa shape index (κ2) is 10.2. The zero-order valence-corrected chi connectivity index (χ0v) is 18.9. The van der Waals surface area contributed by atoms with Crippen molar-refractivity contribution in [2.24, 2.45) is 0 Å². The minimum atomic E-state index is -3.82. The number of amides is 1. The Balaban J connectivity index is 2.28. The summed E-state index contributed by atoms with van der Waals surface area (Å²) in [6.45, 7) is 3.20. The Bertz CT molecular complexity index is 1070. The van der Waals surface area contributed by atoms with Gasteiger partial charge in [0, 0.05) is 11.8 Å². The maximum atomic E-state index is 12.7. The van der Waals surface area contributed by atoms with Gasteiger partial charge in [0.1, 0.15) is 18.0 Å². The van der Waals surface area contributed by atoms with E-state index in [1.54, 1.807) is 38.1 Å². The number of methoxy groups -OCH3 is 2. The summed E-state index contributed by atoms with van der Waals surface area (Å²) in [6.07, 6.45) is 0.999. The fourth-order valence-electron chi connectivity index (χ4n) is 2.84. The number of hydrogen-bond donors (Lipinski definition) is 1. The topological polar surface area (TPSA) is 111 Å². The monoisotopic (exact) mass is 450 g/mol. The second-order valence-corrected chi connectivity index (χ2v) is 8.51. The Kier molecular flexibility index (Phi) is 7.87. The first-order chi connectivity index (χ1) is 14.6. The zero-order valence-electron chi connectivity index (χ0n) is 18.1. The summed E-state index contributed by atoms with van der Waals surface area (Å²) < 4.78 is 41.2. The van der Waals surface area contributed by atoms with Crippen LogP contribution in [0.2, 0.25) is 0 Å². The van der Waals surface area contributed by atoms with Gasteiger partial charge >= 0.3 is 5.97 Å². The first kappa shape index (κ1) is 24.0. The Hall–Kier alpha value is -3.27. The molecular formula is C21H26N2O7S. The number of nitrogens with one attached hydrogen (secondary N) is 1. The van der Waals surface area contributed by atoms with Crippen LogP contribution in [0, 0.1) is 6.92 Å². The summed E-state index contributed by atoms with van der Waals surface area (Å²) in [5.74, 6) is -0.344. The van der Waals surface area contributed by atoms with Crippen LogP contribution in [0.25, 0.3) is 0 Å². The van der Waals surface area contributed by atoms with Gasteiger partial charge in [0.05, 0.1) is 38.3 Å². The highest BCUT2D eigenvalue weighted by Gasteiger charge is 2.25. The van der Waals surface area contributed by atoms with Crippen molar-refractivity contribution in [3.63, 3.8) is 0 Å². The molecule has 0 aliphatic carbocycles. The largest absolute Gasteiger partial charge is 0.497 e. The van der Waals surface area contributed by atoms with Crippen molar-refractivity contribution < 1.29 is 32.2 Å². The maximum absolute atomic E-state index is 12.7. The highest BCUT2D eigenvalue weighted by molar-refractivity contribution is 7.92. The number of benzene rings is 2. The summed E-state index contributed by atoms with van der Waals surface area (Å²) in [4.78, 5) is 24.5. The zero-order chi connectivity index (χ0) is 23.2. The third kappa shape index (κ3) is 6.11. The lowest BCUT2D eigenvalue weighted by Gasteiger charge is -2.24. The molecule has 0 aliphatic rings. The number of aryl methyl sites for hydroxylation is 1. The summed E-state index contributed by atoms with van der Waals surface area (Å²) >= 11 is 0. The van der Waals surface area contributed by atoms with Crippen LogP contribution in [-0.4, -0.2) is 53.9 Å². The molecule has 9 nitrogen and oxygen atoms in total. The number of ether oxygens (including phenoxy) is 3. The Morgan fingerprint density at radius 2 is 1.77 bits per heavy atom. The molecule has 0 spiro atoms. The van der Waals surface area contributed by atoms with Gasteiger partial charge in [0.25, 0.3) is 0 Å². The molecule has 0 aromatic heterocycles. The van der Waals surface area contributed by atoms with Crippen molar-refractivity contribution in [1.82, 2.24) is 0 Å². The normalized spacial score (nSPS) is 10.9. The smallest absolute Gasteiger partial charge is 0.338 e. The number of carbonyl (C=O) groups excluding carboxylic acids is 2. The predicted octanol–water partition coefficient (Wildman–Crippen LogP) is 2.59. The van der Waals surface area contributed by atoms with Crippen LogP contribution < -0.4 is 19.1 Å². The van der Waals surface area contributed by atoms with E-state index in [2.05, 4.69) is 5.32 Å². The van der Waals surface area contributed by atoms with E-state index in [0.717, 1.165) is 10.6 Å². The van der Waals surface area contributed by atoms with Crippen LogP contribution in [0.5, 0.6) is 11.5 Å². The quantitative estimate of drug-likeness (QED) is 0.585. The van der Waals surface area contributed by atoms with Crippen LogP contribution in [0.4, 0.5) is 11.4 Å². The fraction of sp³-hybridized carbons (Fsp3) is 0.333. The highest BCUT2D eigenvalue weighted by Crippen LogP contribution is 2.33. The molecular weight excluding hydrogens is 424 g/mol. The van der Waals surface area contributed by atoms with Gasteiger partial charge in [-0.3, -0.25) is 9.10 Å². The number of nitrogens with zero attached hydrogens (tertiary/aromatic N) is 1. The van der Waals surface area contributed by atoms with Crippen molar-refractivity contribution >= 4 is 33.3 Å². The molecule has 31 heavy (non-hydrogen) atoms. The molecule has 2 rings (SSSR count). The minimum absolute atomic E-state index is 0.175. The summed E-state index contributed by atoms with van der Waals surface area (Å²) in [5.41, 5.74) is 1.61. The Morgan fingerprint density at radius 1 is 1.06 bits per heavy atom. The van der Waals surface area contributed by atoms with E-state index in [-0.39, 0.29) is 18.0 Å². The van der Waals surface area contributed by atoms with Gasteiger partial charge in [-0.15, -0.1) is 0 Å². The summed E-state index contributed by atoms with van der Waals surface area (Å²) in [6, 6.07) is 9.34. The van der Waals surface area contributed by atoms with Crippen molar-refractivity contribution in [2.75, 3.05) is 43.2 Å². The second-order valence-electron chi connectivity index (χ2n) is 6.61. The minimum Gasteiger partial charge on any atom is -0.497 e. The van der Waals surface area contributed by atoms with Gasteiger partial charge < -0.3 is 19.5 Å². The molecule has 10 heteroatoms. The van der Waals surface area contributed by atoms with Crippen LogP contribution in [0.3, 0.4) is 0 Å². The molecule has 0 radical (unpaired) electrons. The molecule has 0 unspecified atom stereocenters. The van der Waals surface area contributed by atoms with Crippen LogP contribution in [-0.2, 0) is 19.6 Å². The van der Waals surface area contributed by atoms with Gasteiger partial charge in [-0.1, -0.05) is 0 Å². The standard InChI is InChI=1S/C21H26N2O7S/c1-6-30-21(25)15-7-9-17(14(2)11-15)22-20(24)13-23(31(5,26)27)18-12-16(28-3)8-10-19(18)29-4/h7-12H,6,13H2,1-5H3,(H,22,24). The van der Waals surface area contributed by atoms with E-state index in [1.165, 1.54) is 26.4 Å². The first-order valence-electron chi connectivity index (χ1n) is 9.38. The molecule has 0 saturated carbocycles. The molecule has 2 aromatic carbocycles. The van der Waals surface area contributed by atoms with E-state index in [4.69, 9.17) is 14.2 Å². The van der Waals surface area contributed by atoms with E-state index < -0.39 is 28.4 Å². The van der Waals surface area contributed by atoms with Gasteiger partial charge in [-0.2, -0.15) is 0 Å². The van der Waals surface area contributed by atoms with E-state index >= 15 is 0 Å². The van der Waals surface area contributed by atoms with Crippen molar-refractivity contribution in [3.8, 4) is 11.5 Å². The molecule has 0 bridgehead atoms. The van der Waals surface area contributed by atoms with Crippen LogP contribution >= 0.6 is 0 Å². The fourth-order valence-corrected chi connectivity index (χ4v) is 3.69. The molecule has 0 fully saturated rings. The Morgan fingerprint density at radius 3 is 2.32 bits per heavy atom. The van der Waals surface area contributed by atoms with Gasteiger partial charge in [0.15, 0.2) is 0 Å². The highest BCUT2D eigenvalue weighted by atomic mass is 32.2. The van der Waals surface area contributed by atoms with Crippen molar-refractivity contribution in [2.45, 2.75) is 13.8 Å². The van der Waals surface area contributed by atoms with Crippen molar-refractivity contribution in [1.29, 1.82) is 0 Å². The van der Waals surface area contributed by atoms with Gasteiger partial charge in [0.2, 0.25) is 15.9 Å². The molecule has 0 atom stereocenters. The molecule has 0 saturated heterocycles. The number of esters is 1. The van der Waals surface area contributed by atoms with E-state index in [9.17, 15) is 18.0 Å². The van der Waals surface area contributed by atoms with Crippen LogP contribution in [0.15, 0.2) is 36.4 Å². The molecule has 1 N–H and O–H groups in total. The average molecular weight is 451 g/mol. The molecule has 168 valence electrons. The van der Waals surface area contributed by atoms with E-state index in [1.807, 2.05) is 0 Å². The third-order valence-electron chi connectivity index (χ3n) is 4.35. The third-order valence-corrected chi connectivity index (χ3v) is 5.48. The summed E-state index contributed by atoms with van der Waals surface area (Å²) in [5, 5.41) is 2.68. The number of anilines is 2. The molecule has 2 aromatic rings. The SMILES string of the molecule is CCOC(=O)c1ccc(NC(=O)CN(c2cc(OC)ccc2OC)S(C)(=O)=O)c(C)c1. The Labute approximate surface area is 182 Å². The van der Waals surface area contributed by atoms with Gasteiger partial charge in [-0.05, 0) is 49.7 Å². The molecule has 0 heterocycles. The number of sulfonamides is 1. The molecule has 1 amide bonds. The lowest BCUT2D eigenvalue weighted by molar-refractivity contribution is -0.114. The number of rotatable bonds is 9. The predicted molar refractivity (Wildman–Crippen MR) is 118 cm³/mol. The van der Waals surface area contributed by atoms with E-state index in [0.29, 0.717) is 22.6 Å². The van der Waals surface area contributed by atoms with Gasteiger partial charge in [-0.25, -0.2) is 13.2 Å². The number of carbonyl (C=O) groups is 2. The first-order valence-corrected chi connectivity index (χ1v) is 11.2. The maximum Gasteiger partial charge on any atom is 0.338 e.